The highest BCUT2D eigenvalue weighted by atomic mass is 16.5. The molecule has 3 aromatic carbocycles. The fourth-order valence-corrected chi connectivity index (χ4v) is 4.58. The molecule has 5 rings (SSSR count). The Kier molecular flexibility index (Phi) is 7.40. The summed E-state index contributed by atoms with van der Waals surface area (Å²) in [6, 6.07) is 27.7. The summed E-state index contributed by atoms with van der Waals surface area (Å²) in [7, 11) is 1.64. The van der Waals surface area contributed by atoms with Gasteiger partial charge in [-0.15, -0.1) is 0 Å². The maximum Gasteiger partial charge on any atom is 0.225 e. The molecule has 0 spiro atoms. The predicted octanol–water partition coefficient (Wildman–Crippen LogP) is 6.70. The van der Waals surface area contributed by atoms with E-state index in [9.17, 15) is 4.79 Å². The number of ether oxygens (including phenoxy) is 2. The first kappa shape index (κ1) is 25.1. The average Bonchev–Trinajstić information content (AvgIpc) is 3.38. The van der Waals surface area contributed by atoms with E-state index >= 15 is 0 Å². The molecule has 2 aromatic heterocycles. The van der Waals surface area contributed by atoms with Gasteiger partial charge in [0.05, 0.1) is 12.8 Å². The van der Waals surface area contributed by atoms with Crippen LogP contribution in [0.1, 0.15) is 40.3 Å². The number of benzene rings is 3. The summed E-state index contributed by atoms with van der Waals surface area (Å²) in [4.78, 5) is 18.0. The van der Waals surface area contributed by atoms with Crippen LogP contribution in [-0.2, 0) is 11.4 Å². The van der Waals surface area contributed by atoms with Crippen molar-refractivity contribution < 1.29 is 14.3 Å². The van der Waals surface area contributed by atoms with Gasteiger partial charge in [-0.1, -0.05) is 48.5 Å². The van der Waals surface area contributed by atoms with E-state index in [0.29, 0.717) is 18.0 Å². The number of anilines is 1. The second kappa shape index (κ2) is 11.2. The van der Waals surface area contributed by atoms with E-state index in [4.69, 9.17) is 14.5 Å². The molecule has 6 heteroatoms. The maximum absolute atomic E-state index is 13.3. The molecule has 0 saturated carbocycles. The van der Waals surface area contributed by atoms with Crippen molar-refractivity contribution in [2.24, 2.45) is 0 Å². The van der Waals surface area contributed by atoms with E-state index in [0.717, 1.165) is 33.8 Å². The summed E-state index contributed by atoms with van der Waals surface area (Å²) >= 11 is 0. The van der Waals surface area contributed by atoms with Gasteiger partial charge >= 0.3 is 0 Å². The molecule has 192 valence electrons. The Morgan fingerprint density at radius 1 is 0.947 bits per heavy atom. The van der Waals surface area contributed by atoms with Crippen molar-refractivity contribution in [1.82, 2.24) is 9.38 Å². The summed E-state index contributed by atoms with van der Waals surface area (Å²) in [5, 5.41) is 3.07. The first-order valence-corrected chi connectivity index (χ1v) is 12.7. The topological polar surface area (TPSA) is 64.9 Å². The van der Waals surface area contributed by atoms with Crippen LogP contribution in [0.4, 0.5) is 5.69 Å². The van der Waals surface area contributed by atoms with Gasteiger partial charge in [-0.25, -0.2) is 4.98 Å². The second-order valence-corrected chi connectivity index (χ2v) is 9.40. The number of nitrogens with zero attached hydrogens (tertiary/aromatic N) is 2. The summed E-state index contributed by atoms with van der Waals surface area (Å²) in [6.45, 7) is 4.54. The summed E-state index contributed by atoms with van der Waals surface area (Å²) in [6.07, 6.45) is 4.03. The number of pyridine rings is 1. The number of aromatic nitrogens is 2. The molecule has 1 amide bonds. The van der Waals surface area contributed by atoms with Crippen LogP contribution in [0.15, 0.2) is 97.3 Å². The van der Waals surface area contributed by atoms with Crippen LogP contribution in [-0.4, -0.2) is 22.4 Å². The number of nitrogens with one attached hydrogen (secondary N) is 1. The molecule has 0 fully saturated rings. The number of amides is 1. The zero-order valence-electron chi connectivity index (χ0n) is 21.8. The van der Waals surface area contributed by atoms with E-state index in [1.54, 1.807) is 7.11 Å². The van der Waals surface area contributed by atoms with Crippen LogP contribution in [0.25, 0.3) is 5.65 Å². The monoisotopic (exact) mass is 505 g/mol. The summed E-state index contributed by atoms with van der Waals surface area (Å²) in [5.41, 5.74) is 6.77. The molecule has 2 heterocycles. The van der Waals surface area contributed by atoms with Crippen LogP contribution < -0.4 is 14.8 Å². The van der Waals surface area contributed by atoms with Crippen molar-refractivity contribution in [3.05, 3.63) is 125 Å². The number of rotatable bonds is 9. The van der Waals surface area contributed by atoms with Crippen LogP contribution in [0.5, 0.6) is 11.5 Å². The SMILES string of the molecule is COc1cccc(C(CC(=O)Nc2ccc(C)c(C)c2)c2cnc3c(OCc4ccccc4)cccn23)c1. The maximum atomic E-state index is 13.3. The van der Waals surface area contributed by atoms with Crippen LogP contribution in [0.2, 0.25) is 0 Å². The molecule has 0 aliphatic rings. The summed E-state index contributed by atoms with van der Waals surface area (Å²) < 4.78 is 13.6. The number of methoxy groups -OCH3 is 1. The standard InChI is InChI=1S/C32H31N3O3/c1-22-14-15-26(17-23(22)2)34-31(36)19-28(25-11-7-12-27(18-25)37-3)29-20-33-32-30(13-8-16-35(29)32)38-21-24-9-5-4-6-10-24/h4-18,20,28H,19,21H2,1-3H3,(H,34,36). The van der Waals surface area contributed by atoms with Gasteiger partial charge in [0.2, 0.25) is 5.91 Å². The van der Waals surface area contributed by atoms with Gasteiger partial charge in [0.15, 0.2) is 11.4 Å². The molecule has 0 saturated heterocycles. The van der Waals surface area contributed by atoms with Gasteiger partial charge < -0.3 is 19.2 Å². The van der Waals surface area contributed by atoms with Gasteiger partial charge in [0, 0.05) is 30.4 Å². The lowest BCUT2D eigenvalue weighted by Crippen LogP contribution is -2.17. The first-order valence-electron chi connectivity index (χ1n) is 12.7. The van der Waals surface area contributed by atoms with Gasteiger partial charge in [0.1, 0.15) is 12.4 Å². The second-order valence-electron chi connectivity index (χ2n) is 9.40. The Labute approximate surface area is 222 Å². The highest BCUT2D eigenvalue weighted by Gasteiger charge is 2.23. The molecule has 1 atom stereocenters. The minimum atomic E-state index is -0.254. The van der Waals surface area contributed by atoms with E-state index in [1.165, 1.54) is 5.56 Å². The normalized spacial score (nSPS) is 11.8. The fourth-order valence-electron chi connectivity index (χ4n) is 4.58. The molecule has 1 N–H and O–H groups in total. The molecule has 1 unspecified atom stereocenters. The molecule has 0 aliphatic heterocycles. The number of carbonyl (C=O) groups is 1. The Balaban J connectivity index is 1.47. The van der Waals surface area contributed by atoms with E-state index in [2.05, 4.69) is 12.2 Å². The van der Waals surface area contributed by atoms with Gasteiger partial charge in [-0.3, -0.25) is 4.79 Å². The minimum absolute atomic E-state index is 0.0764. The zero-order valence-corrected chi connectivity index (χ0v) is 21.8. The van der Waals surface area contributed by atoms with Crippen molar-refractivity contribution in [2.45, 2.75) is 32.8 Å². The highest BCUT2D eigenvalue weighted by Crippen LogP contribution is 2.33. The average molecular weight is 506 g/mol. The number of aryl methyl sites for hydroxylation is 2. The molecule has 5 aromatic rings. The van der Waals surface area contributed by atoms with Crippen LogP contribution in [0.3, 0.4) is 0 Å². The zero-order chi connectivity index (χ0) is 26.5. The highest BCUT2D eigenvalue weighted by molar-refractivity contribution is 5.91. The third kappa shape index (κ3) is 5.54. The van der Waals surface area contributed by atoms with Gasteiger partial charge in [0.25, 0.3) is 0 Å². The molecule has 0 radical (unpaired) electrons. The number of hydrogen-bond donors (Lipinski definition) is 1. The minimum Gasteiger partial charge on any atom is -0.497 e. The molecule has 0 bridgehead atoms. The third-order valence-electron chi connectivity index (χ3n) is 6.80. The van der Waals surface area contributed by atoms with Gasteiger partial charge in [-0.05, 0) is 72.5 Å². The van der Waals surface area contributed by atoms with E-state index < -0.39 is 0 Å². The van der Waals surface area contributed by atoms with Crippen molar-refractivity contribution in [3.63, 3.8) is 0 Å². The smallest absolute Gasteiger partial charge is 0.225 e. The van der Waals surface area contributed by atoms with Crippen LogP contribution >= 0.6 is 0 Å². The Morgan fingerprint density at radius 2 is 1.79 bits per heavy atom. The Bertz CT molecular complexity index is 1560. The van der Waals surface area contributed by atoms with E-state index in [1.807, 2.05) is 109 Å². The molecule has 6 nitrogen and oxygen atoms in total. The Hall–Kier alpha value is -4.58. The lowest BCUT2D eigenvalue weighted by molar-refractivity contribution is -0.116. The molecular weight excluding hydrogens is 474 g/mol. The van der Waals surface area contributed by atoms with Crippen molar-refractivity contribution >= 4 is 17.2 Å². The lowest BCUT2D eigenvalue weighted by atomic mass is 9.92. The van der Waals surface area contributed by atoms with Crippen molar-refractivity contribution in [2.75, 3.05) is 12.4 Å². The van der Waals surface area contributed by atoms with Crippen molar-refractivity contribution in [3.8, 4) is 11.5 Å². The first-order chi connectivity index (χ1) is 18.5. The summed E-state index contributed by atoms with van der Waals surface area (Å²) in [5.74, 6) is 1.10. The largest absolute Gasteiger partial charge is 0.497 e. The number of fused-ring (bicyclic) bond motifs is 1. The van der Waals surface area contributed by atoms with Crippen LogP contribution in [0, 0.1) is 13.8 Å². The number of hydrogen-bond acceptors (Lipinski definition) is 4. The number of carbonyl (C=O) groups excluding carboxylic acids is 1. The molecular formula is C32H31N3O3. The third-order valence-corrected chi connectivity index (χ3v) is 6.80. The fraction of sp³-hybridized carbons (Fsp3) is 0.188. The predicted molar refractivity (Wildman–Crippen MR) is 150 cm³/mol. The van der Waals surface area contributed by atoms with E-state index in [-0.39, 0.29) is 18.2 Å². The lowest BCUT2D eigenvalue weighted by Gasteiger charge is -2.19. The quantitative estimate of drug-likeness (QED) is 0.242. The Morgan fingerprint density at radius 3 is 2.58 bits per heavy atom. The van der Waals surface area contributed by atoms with Gasteiger partial charge in [-0.2, -0.15) is 0 Å². The molecule has 38 heavy (non-hydrogen) atoms. The number of imidazole rings is 1. The van der Waals surface area contributed by atoms with Crippen molar-refractivity contribution in [1.29, 1.82) is 0 Å². The molecule has 0 aliphatic carbocycles.